The number of halogens is 1. The average Bonchev–Trinajstić information content (AvgIpc) is 3.52. The van der Waals surface area contributed by atoms with Gasteiger partial charge in [-0.05, 0) is 34.6 Å². The van der Waals surface area contributed by atoms with Gasteiger partial charge in [-0.15, -0.1) is 11.3 Å². The molecule has 0 unspecified atom stereocenters. The normalized spacial score (nSPS) is 18.8. The molecule has 1 aromatic carbocycles. The minimum atomic E-state index is -0.339. The number of rotatable bonds is 8. The Morgan fingerprint density at radius 3 is 2.53 bits per heavy atom. The maximum atomic E-state index is 13.7. The summed E-state index contributed by atoms with van der Waals surface area (Å²) in [6.07, 6.45) is 0.899. The van der Waals surface area contributed by atoms with Crippen molar-refractivity contribution in [3.63, 3.8) is 0 Å². The second-order valence-corrected chi connectivity index (χ2v) is 11.5. The number of amides is 2. The summed E-state index contributed by atoms with van der Waals surface area (Å²) in [5.74, 6) is -0.597. The summed E-state index contributed by atoms with van der Waals surface area (Å²) < 4.78 is 19.0. The van der Waals surface area contributed by atoms with E-state index in [1.165, 1.54) is 17.1 Å². The van der Waals surface area contributed by atoms with E-state index in [4.69, 9.17) is 9.84 Å². The first-order valence-electron chi connectivity index (χ1n) is 12.5. The van der Waals surface area contributed by atoms with Crippen LogP contribution in [0.1, 0.15) is 50.1 Å². The quantitative estimate of drug-likeness (QED) is 0.531. The zero-order valence-corrected chi connectivity index (χ0v) is 22.1. The largest absolute Gasteiger partial charge is 0.379 e. The topological polar surface area (TPSA) is 65.5 Å². The summed E-state index contributed by atoms with van der Waals surface area (Å²) in [4.78, 5) is 31.9. The van der Waals surface area contributed by atoms with Gasteiger partial charge in [-0.25, -0.2) is 9.40 Å². The molecule has 0 radical (unpaired) electrons. The number of benzene rings is 1. The number of nitrogens with zero attached hydrogens (tertiary/aromatic N) is 4. The Morgan fingerprint density at radius 2 is 1.89 bits per heavy atom. The number of hydrogen-bond donors (Lipinski definition) is 0. The van der Waals surface area contributed by atoms with E-state index < -0.39 is 0 Å². The van der Waals surface area contributed by atoms with Crippen LogP contribution < -0.4 is 0 Å². The van der Waals surface area contributed by atoms with Crippen LogP contribution in [0.25, 0.3) is 0 Å². The molecule has 3 heterocycles. The number of carbonyl (C=O) groups is 2. The Bertz CT molecular complexity index is 1060. The fraction of sp³-hybridized carbons (Fsp3) is 0.519. The summed E-state index contributed by atoms with van der Waals surface area (Å²) in [5.41, 5.74) is 1.46. The van der Waals surface area contributed by atoms with Crippen LogP contribution in [0.5, 0.6) is 0 Å². The van der Waals surface area contributed by atoms with Crippen molar-refractivity contribution in [3.05, 3.63) is 58.0 Å². The third kappa shape index (κ3) is 6.99. The summed E-state index contributed by atoms with van der Waals surface area (Å²) in [5, 5.41) is 8.17. The van der Waals surface area contributed by atoms with Crippen LogP contribution >= 0.6 is 11.3 Å². The van der Waals surface area contributed by atoms with E-state index in [-0.39, 0.29) is 35.6 Å². The zero-order chi connectivity index (χ0) is 25.7. The molecular weight excluding hydrogens is 479 g/mol. The lowest BCUT2D eigenvalue weighted by Crippen LogP contribution is -2.47. The van der Waals surface area contributed by atoms with Gasteiger partial charge in [0.15, 0.2) is 0 Å². The number of morpholine rings is 1. The third-order valence-corrected chi connectivity index (χ3v) is 7.30. The molecule has 2 aliphatic rings. The van der Waals surface area contributed by atoms with Crippen molar-refractivity contribution in [1.29, 1.82) is 0 Å². The van der Waals surface area contributed by atoms with E-state index in [2.05, 4.69) is 4.90 Å². The SMILES string of the molecule is CC(C)(C)CC(=O)N(CCN1CCOCC1)CC(=O)N1N=C(c2cccs2)C[C@@H]1c1ccc(F)cc1. The van der Waals surface area contributed by atoms with Gasteiger partial charge < -0.3 is 9.64 Å². The van der Waals surface area contributed by atoms with Gasteiger partial charge in [-0.2, -0.15) is 5.10 Å². The first kappa shape index (κ1) is 26.4. The van der Waals surface area contributed by atoms with Crippen LogP contribution in [0.4, 0.5) is 4.39 Å². The monoisotopic (exact) mass is 514 g/mol. The molecule has 0 aliphatic carbocycles. The van der Waals surface area contributed by atoms with Crippen molar-refractivity contribution in [2.24, 2.45) is 10.5 Å². The van der Waals surface area contributed by atoms with Gasteiger partial charge in [-0.3, -0.25) is 14.5 Å². The van der Waals surface area contributed by atoms with E-state index in [1.807, 2.05) is 38.3 Å². The minimum Gasteiger partial charge on any atom is -0.379 e. The van der Waals surface area contributed by atoms with Gasteiger partial charge in [-0.1, -0.05) is 39.0 Å². The average molecular weight is 515 g/mol. The summed E-state index contributed by atoms with van der Waals surface area (Å²) in [6, 6.07) is 9.82. The third-order valence-electron chi connectivity index (χ3n) is 6.38. The van der Waals surface area contributed by atoms with Gasteiger partial charge in [0, 0.05) is 39.0 Å². The van der Waals surface area contributed by atoms with Gasteiger partial charge >= 0.3 is 0 Å². The van der Waals surface area contributed by atoms with Gasteiger partial charge in [0.25, 0.3) is 5.91 Å². The number of hydrogen-bond acceptors (Lipinski definition) is 6. The smallest absolute Gasteiger partial charge is 0.262 e. The molecule has 36 heavy (non-hydrogen) atoms. The second-order valence-electron chi connectivity index (χ2n) is 10.5. The Hall–Kier alpha value is -2.62. The first-order valence-corrected chi connectivity index (χ1v) is 13.3. The summed E-state index contributed by atoms with van der Waals surface area (Å²) in [7, 11) is 0. The fourth-order valence-electron chi connectivity index (χ4n) is 4.46. The molecule has 0 spiro atoms. The molecular formula is C27H35FN4O3S. The molecule has 0 saturated carbocycles. The fourth-order valence-corrected chi connectivity index (χ4v) is 5.18. The van der Waals surface area contributed by atoms with E-state index in [1.54, 1.807) is 28.4 Å². The molecule has 2 aromatic rings. The van der Waals surface area contributed by atoms with Crippen molar-refractivity contribution in [1.82, 2.24) is 14.8 Å². The molecule has 1 fully saturated rings. The molecule has 194 valence electrons. The molecule has 4 rings (SSSR count). The van der Waals surface area contributed by atoms with Gasteiger partial charge in [0.05, 0.1) is 29.8 Å². The molecule has 0 bridgehead atoms. The van der Waals surface area contributed by atoms with Crippen molar-refractivity contribution in [2.45, 2.75) is 39.7 Å². The highest BCUT2D eigenvalue weighted by molar-refractivity contribution is 7.12. The highest BCUT2D eigenvalue weighted by Gasteiger charge is 2.35. The van der Waals surface area contributed by atoms with Crippen LogP contribution in [0.15, 0.2) is 46.9 Å². The molecule has 1 atom stereocenters. The van der Waals surface area contributed by atoms with Crippen LogP contribution in [0.2, 0.25) is 0 Å². The van der Waals surface area contributed by atoms with E-state index in [0.29, 0.717) is 39.1 Å². The maximum absolute atomic E-state index is 13.7. The number of thiophene rings is 1. The molecule has 1 aromatic heterocycles. The second kappa shape index (κ2) is 11.6. The predicted molar refractivity (Wildman–Crippen MR) is 139 cm³/mol. The maximum Gasteiger partial charge on any atom is 0.262 e. The highest BCUT2D eigenvalue weighted by Crippen LogP contribution is 2.34. The molecule has 7 nitrogen and oxygen atoms in total. The van der Waals surface area contributed by atoms with Crippen LogP contribution in [-0.4, -0.2) is 78.3 Å². The van der Waals surface area contributed by atoms with Crippen molar-refractivity contribution in [2.75, 3.05) is 45.9 Å². The molecule has 9 heteroatoms. The van der Waals surface area contributed by atoms with Crippen molar-refractivity contribution < 1.29 is 18.7 Å². The van der Waals surface area contributed by atoms with Crippen molar-refractivity contribution >= 4 is 28.9 Å². The Kier molecular flexibility index (Phi) is 8.54. The summed E-state index contributed by atoms with van der Waals surface area (Å²) >= 11 is 1.57. The standard InChI is InChI=1S/C27H35FN4O3S/c1-27(2,3)18-25(33)31(11-10-30-12-14-35-15-13-30)19-26(34)32-23(20-6-8-21(28)9-7-20)17-22(29-32)24-5-4-16-36-24/h4-9,16,23H,10-15,17-19H2,1-3H3/t23-/m1/s1. The van der Waals surface area contributed by atoms with Crippen molar-refractivity contribution in [3.8, 4) is 0 Å². The number of carbonyl (C=O) groups excluding carboxylic acids is 2. The Labute approximate surface area is 216 Å². The molecule has 0 N–H and O–H groups in total. The summed E-state index contributed by atoms with van der Waals surface area (Å²) in [6.45, 7) is 10.2. The predicted octanol–water partition coefficient (Wildman–Crippen LogP) is 4.16. The molecule has 2 amide bonds. The lowest BCUT2D eigenvalue weighted by molar-refractivity contribution is -0.142. The highest BCUT2D eigenvalue weighted by atomic mass is 32.1. The molecule has 1 saturated heterocycles. The Morgan fingerprint density at radius 1 is 1.17 bits per heavy atom. The van der Waals surface area contributed by atoms with E-state index in [9.17, 15) is 14.0 Å². The lowest BCUT2D eigenvalue weighted by Gasteiger charge is -2.32. The Balaban J connectivity index is 1.53. The minimum absolute atomic E-state index is 0.0379. The van der Waals surface area contributed by atoms with E-state index in [0.717, 1.165) is 29.2 Å². The number of hydrazone groups is 1. The number of ether oxygens (including phenoxy) is 1. The molecule has 2 aliphatic heterocycles. The zero-order valence-electron chi connectivity index (χ0n) is 21.3. The van der Waals surface area contributed by atoms with Gasteiger partial charge in [0.1, 0.15) is 12.4 Å². The lowest BCUT2D eigenvalue weighted by atomic mass is 9.91. The van der Waals surface area contributed by atoms with Crippen LogP contribution in [0, 0.1) is 11.2 Å². The van der Waals surface area contributed by atoms with Gasteiger partial charge in [0.2, 0.25) is 5.91 Å². The first-order chi connectivity index (χ1) is 17.2. The van der Waals surface area contributed by atoms with Crippen LogP contribution in [0.3, 0.4) is 0 Å². The van der Waals surface area contributed by atoms with E-state index >= 15 is 0 Å². The van der Waals surface area contributed by atoms with Crippen LogP contribution in [-0.2, 0) is 14.3 Å².